The number of fused-ring (bicyclic) bond motifs is 1. The molecule has 0 fully saturated rings. The highest BCUT2D eigenvalue weighted by atomic mass is 16.5. The minimum Gasteiger partial charge on any atom is -0.478 e. The summed E-state index contributed by atoms with van der Waals surface area (Å²) in [4.78, 5) is 15.4. The maximum Gasteiger partial charge on any atom is 0.335 e. The Bertz CT molecular complexity index is 964. The van der Waals surface area contributed by atoms with Gasteiger partial charge in [0.2, 0.25) is 5.88 Å². The molecule has 1 aromatic carbocycles. The van der Waals surface area contributed by atoms with Crippen LogP contribution in [0, 0.1) is 6.92 Å². The lowest BCUT2D eigenvalue weighted by Crippen LogP contribution is -2.17. The van der Waals surface area contributed by atoms with Gasteiger partial charge in [0, 0.05) is 12.3 Å². The number of carboxylic acid groups (broad SMARTS) is 1. The Morgan fingerprint density at radius 3 is 2.96 bits per heavy atom. The van der Waals surface area contributed by atoms with Gasteiger partial charge in [-0.3, -0.25) is 0 Å². The van der Waals surface area contributed by atoms with Crippen molar-refractivity contribution in [1.82, 2.24) is 14.8 Å². The predicted molar refractivity (Wildman–Crippen MR) is 95.8 cm³/mol. The van der Waals surface area contributed by atoms with Gasteiger partial charge in [-0.15, -0.1) is 0 Å². The van der Waals surface area contributed by atoms with Crippen LogP contribution >= 0.6 is 0 Å². The van der Waals surface area contributed by atoms with Gasteiger partial charge < -0.3 is 9.84 Å². The van der Waals surface area contributed by atoms with Gasteiger partial charge in [0.25, 0.3) is 0 Å². The largest absolute Gasteiger partial charge is 0.478 e. The van der Waals surface area contributed by atoms with Gasteiger partial charge in [-0.2, -0.15) is 9.78 Å². The fourth-order valence-electron chi connectivity index (χ4n) is 3.39. The van der Waals surface area contributed by atoms with Crippen molar-refractivity contribution in [3.8, 4) is 11.7 Å². The number of rotatable bonds is 4. The summed E-state index contributed by atoms with van der Waals surface area (Å²) in [5.41, 5.74) is 3.96. The molecule has 26 heavy (non-hydrogen) atoms. The third-order valence-electron chi connectivity index (χ3n) is 4.64. The number of aryl methyl sites for hydroxylation is 2. The molecule has 0 aliphatic heterocycles. The fraction of sp³-hybridized carbons (Fsp3) is 0.250. The number of carboxylic acids is 1. The lowest BCUT2D eigenvalue weighted by molar-refractivity contribution is 0.0696. The summed E-state index contributed by atoms with van der Waals surface area (Å²) in [6.45, 7) is 2.10. The van der Waals surface area contributed by atoms with Gasteiger partial charge in [0.15, 0.2) is 5.82 Å². The van der Waals surface area contributed by atoms with E-state index in [1.807, 2.05) is 0 Å². The molecule has 132 valence electrons. The summed E-state index contributed by atoms with van der Waals surface area (Å²) in [7, 11) is 0. The minimum atomic E-state index is -1.00. The van der Waals surface area contributed by atoms with E-state index in [4.69, 9.17) is 4.74 Å². The predicted octanol–water partition coefficient (Wildman–Crippen LogP) is 3.73. The zero-order chi connectivity index (χ0) is 18.1. The summed E-state index contributed by atoms with van der Waals surface area (Å²) in [6, 6.07) is 11.2. The molecule has 1 atom stereocenters. The summed E-state index contributed by atoms with van der Waals surface area (Å²) >= 11 is 0. The van der Waals surface area contributed by atoms with Crippen molar-refractivity contribution in [2.75, 3.05) is 0 Å². The maximum atomic E-state index is 11.2. The molecule has 0 radical (unpaired) electrons. The van der Waals surface area contributed by atoms with Crippen LogP contribution in [0.3, 0.4) is 0 Å². The van der Waals surface area contributed by atoms with Crippen molar-refractivity contribution in [3.63, 3.8) is 0 Å². The average molecular weight is 349 g/mol. The molecule has 2 aromatic heterocycles. The van der Waals surface area contributed by atoms with Gasteiger partial charge in [0.1, 0.15) is 6.10 Å². The average Bonchev–Trinajstić information content (AvgIpc) is 3.10. The van der Waals surface area contributed by atoms with Gasteiger partial charge in [-0.1, -0.05) is 23.8 Å². The number of hydrogen-bond acceptors (Lipinski definition) is 4. The van der Waals surface area contributed by atoms with Crippen LogP contribution in [-0.2, 0) is 6.42 Å². The van der Waals surface area contributed by atoms with Gasteiger partial charge in [-0.25, -0.2) is 9.78 Å². The van der Waals surface area contributed by atoms with E-state index in [1.165, 1.54) is 39.7 Å². The lowest BCUT2D eigenvalue weighted by atomic mass is 9.88. The first-order chi connectivity index (χ1) is 12.6. The number of aromatic carboxylic acids is 1. The molecule has 6 heteroatoms. The van der Waals surface area contributed by atoms with Crippen molar-refractivity contribution >= 4 is 5.97 Å². The second kappa shape index (κ2) is 6.63. The summed E-state index contributed by atoms with van der Waals surface area (Å²) in [5, 5.41) is 13.4. The molecule has 0 amide bonds. The van der Waals surface area contributed by atoms with E-state index in [2.05, 4.69) is 35.2 Å². The monoisotopic (exact) mass is 349 g/mol. The van der Waals surface area contributed by atoms with E-state index in [1.54, 1.807) is 12.3 Å². The topological polar surface area (TPSA) is 77.2 Å². The Balaban J connectivity index is 1.65. The van der Waals surface area contributed by atoms with Crippen LogP contribution in [-0.4, -0.2) is 25.8 Å². The Kier molecular flexibility index (Phi) is 4.16. The molecule has 0 saturated heterocycles. The van der Waals surface area contributed by atoms with E-state index in [-0.39, 0.29) is 11.7 Å². The molecule has 0 spiro atoms. The van der Waals surface area contributed by atoms with Crippen molar-refractivity contribution in [2.24, 2.45) is 0 Å². The number of ether oxygens (including phenoxy) is 1. The molecule has 1 unspecified atom stereocenters. The SMILES string of the molecule is Cc1ccc2c(c1)CCCC2Oc1ccnn1-c1cc(C(=O)O)ccn1. The molecule has 0 saturated carbocycles. The molecule has 3 aromatic rings. The Labute approximate surface area is 151 Å². The Morgan fingerprint density at radius 2 is 2.12 bits per heavy atom. The van der Waals surface area contributed by atoms with Crippen LogP contribution in [0.4, 0.5) is 0 Å². The highest BCUT2D eigenvalue weighted by Gasteiger charge is 2.23. The Morgan fingerprint density at radius 1 is 1.23 bits per heavy atom. The second-order valence-electron chi connectivity index (χ2n) is 6.49. The van der Waals surface area contributed by atoms with Crippen LogP contribution in [0.15, 0.2) is 48.8 Å². The normalized spacial score (nSPS) is 16.1. The highest BCUT2D eigenvalue weighted by molar-refractivity contribution is 5.87. The van der Waals surface area contributed by atoms with Crippen LogP contribution in [0.5, 0.6) is 5.88 Å². The third kappa shape index (κ3) is 3.06. The fourth-order valence-corrected chi connectivity index (χ4v) is 3.39. The first kappa shape index (κ1) is 16.3. The van der Waals surface area contributed by atoms with E-state index < -0.39 is 5.97 Å². The van der Waals surface area contributed by atoms with Crippen molar-refractivity contribution < 1.29 is 14.6 Å². The number of benzene rings is 1. The van der Waals surface area contributed by atoms with E-state index in [0.29, 0.717) is 11.7 Å². The summed E-state index contributed by atoms with van der Waals surface area (Å²) in [6.07, 6.45) is 6.12. The Hall–Kier alpha value is -3.15. The first-order valence-corrected chi connectivity index (χ1v) is 8.61. The molecule has 6 nitrogen and oxygen atoms in total. The van der Waals surface area contributed by atoms with Crippen LogP contribution in [0.25, 0.3) is 5.82 Å². The first-order valence-electron chi connectivity index (χ1n) is 8.61. The van der Waals surface area contributed by atoms with E-state index in [0.717, 1.165) is 19.3 Å². The summed E-state index contributed by atoms with van der Waals surface area (Å²) in [5.74, 6) is -0.0249. The highest BCUT2D eigenvalue weighted by Crippen LogP contribution is 2.34. The standard InChI is InChI=1S/C20H19N3O3/c1-13-5-6-16-14(11-13)3-2-4-17(16)26-19-8-10-22-23(19)18-12-15(20(24)25)7-9-21-18/h5-12,17H,2-4H2,1H3,(H,24,25). The lowest BCUT2D eigenvalue weighted by Gasteiger charge is -2.26. The quantitative estimate of drug-likeness (QED) is 0.776. The van der Waals surface area contributed by atoms with Gasteiger partial charge in [0.05, 0.1) is 11.8 Å². The molecule has 0 bridgehead atoms. The number of pyridine rings is 1. The molecular weight excluding hydrogens is 330 g/mol. The summed E-state index contributed by atoms with van der Waals surface area (Å²) < 4.78 is 7.80. The maximum absolute atomic E-state index is 11.2. The molecule has 1 N–H and O–H groups in total. The number of hydrogen-bond donors (Lipinski definition) is 1. The molecule has 4 rings (SSSR count). The minimum absolute atomic E-state index is 0.0440. The smallest absolute Gasteiger partial charge is 0.335 e. The number of nitrogens with zero attached hydrogens (tertiary/aromatic N) is 3. The van der Waals surface area contributed by atoms with Gasteiger partial charge in [-0.05, 0) is 49.4 Å². The van der Waals surface area contributed by atoms with Crippen LogP contribution < -0.4 is 4.74 Å². The zero-order valence-corrected chi connectivity index (χ0v) is 14.4. The van der Waals surface area contributed by atoms with Gasteiger partial charge >= 0.3 is 5.97 Å². The second-order valence-corrected chi connectivity index (χ2v) is 6.49. The van der Waals surface area contributed by atoms with Crippen molar-refractivity contribution in [1.29, 1.82) is 0 Å². The molecule has 1 aliphatic rings. The number of aromatic nitrogens is 3. The van der Waals surface area contributed by atoms with Crippen LogP contribution in [0.1, 0.15) is 46.0 Å². The molecule has 1 aliphatic carbocycles. The number of carbonyl (C=O) groups is 1. The zero-order valence-electron chi connectivity index (χ0n) is 14.4. The molecule has 2 heterocycles. The van der Waals surface area contributed by atoms with Crippen LogP contribution in [0.2, 0.25) is 0 Å². The van der Waals surface area contributed by atoms with Crippen molar-refractivity contribution in [3.05, 3.63) is 71.0 Å². The van der Waals surface area contributed by atoms with E-state index >= 15 is 0 Å². The molecular formula is C20H19N3O3. The van der Waals surface area contributed by atoms with E-state index in [9.17, 15) is 9.90 Å². The third-order valence-corrected chi connectivity index (χ3v) is 4.64. The van der Waals surface area contributed by atoms with Crippen molar-refractivity contribution in [2.45, 2.75) is 32.3 Å².